The van der Waals surface area contributed by atoms with Crippen LogP contribution in [0, 0.1) is 0 Å². The monoisotopic (exact) mass is 326 g/mol. The molecular weight excluding hydrogens is 284 g/mol. The van der Waals surface area contributed by atoms with Gasteiger partial charge in [-0.1, -0.05) is 91.4 Å². The third kappa shape index (κ3) is 16.1. The van der Waals surface area contributed by atoms with Crippen LogP contribution < -0.4 is 0 Å². The van der Waals surface area contributed by atoms with Crippen molar-refractivity contribution in [2.45, 2.75) is 130 Å². The molecular formula is C21H42O2. The maximum atomic E-state index is 11.9. The molecule has 2 heteroatoms. The fraction of sp³-hybridized carbons (Fsp3) is 0.952. The third-order valence-electron chi connectivity index (χ3n) is 4.62. The Hall–Kier alpha value is -0.530. The number of carbonyl (C=O) groups is 1. The van der Waals surface area contributed by atoms with Crippen molar-refractivity contribution in [2.75, 3.05) is 0 Å². The van der Waals surface area contributed by atoms with Crippen molar-refractivity contribution in [2.24, 2.45) is 0 Å². The highest BCUT2D eigenvalue weighted by Gasteiger charge is 2.11. The van der Waals surface area contributed by atoms with E-state index >= 15 is 0 Å². The van der Waals surface area contributed by atoms with Gasteiger partial charge in [0.2, 0.25) is 0 Å². The van der Waals surface area contributed by atoms with E-state index in [9.17, 15) is 4.79 Å². The van der Waals surface area contributed by atoms with Crippen LogP contribution in [0.4, 0.5) is 0 Å². The first-order valence-electron chi connectivity index (χ1n) is 10.4. The molecule has 0 N–H and O–H groups in total. The van der Waals surface area contributed by atoms with Crippen LogP contribution in [0.3, 0.4) is 0 Å². The van der Waals surface area contributed by atoms with Gasteiger partial charge in [0, 0.05) is 6.42 Å². The third-order valence-corrected chi connectivity index (χ3v) is 4.62. The van der Waals surface area contributed by atoms with Crippen LogP contribution in [0.25, 0.3) is 0 Å². The van der Waals surface area contributed by atoms with Crippen LogP contribution in [-0.4, -0.2) is 12.1 Å². The molecule has 0 fully saturated rings. The Kier molecular flexibility index (Phi) is 17.4. The summed E-state index contributed by atoms with van der Waals surface area (Å²) >= 11 is 0. The van der Waals surface area contributed by atoms with Gasteiger partial charge in [0.05, 0.1) is 0 Å². The lowest BCUT2D eigenvalue weighted by molar-refractivity contribution is -0.149. The fourth-order valence-corrected chi connectivity index (χ4v) is 2.97. The predicted octanol–water partition coefficient (Wildman–Crippen LogP) is 7.20. The van der Waals surface area contributed by atoms with Crippen LogP contribution >= 0.6 is 0 Å². The van der Waals surface area contributed by atoms with Gasteiger partial charge in [0.1, 0.15) is 6.10 Å². The Morgan fingerprint density at radius 1 is 0.696 bits per heavy atom. The van der Waals surface area contributed by atoms with Crippen molar-refractivity contribution >= 4 is 5.97 Å². The van der Waals surface area contributed by atoms with E-state index < -0.39 is 0 Å². The molecule has 0 aromatic heterocycles. The predicted molar refractivity (Wildman–Crippen MR) is 101 cm³/mol. The molecule has 0 heterocycles. The summed E-state index contributed by atoms with van der Waals surface area (Å²) in [5.41, 5.74) is 0. The number of carbonyl (C=O) groups excluding carboxylic acids is 1. The average molecular weight is 327 g/mol. The highest BCUT2D eigenvalue weighted by Crippen LogP contribution is 2.14. The highest BCUT2D eigenvalue weighted by atomic mass is 16.5. The van der Waals surface area contributed by atoms with Crippen molar-refractivity contribution in [3.63, 3.8) is 0 Å². The number of hydrogen-bond donors (Lipinski definition) is 0. The van der Waals surface area contributed by atoms with E-state index in [1.54, 1.807) is 0 Å². The smallest absolute Gasteiger partial charge is 0.306 e. The van der Waals surface area contributed by atoms with E-state index in [4.69, 9.17) is 4.74 Å². The second-order valence-electron chi connectivity index (χ2n) is 6.95. The zero-order valence-electron chi connectivity index (χ0n) is 16.2. The summed E-state index contributed by atoms with van der Waals surface area (Å²) in [5.74, 6) is 0.0234. The molecule has 2 nitrogen and oxygen atoms in total. The normalized spacial score (nSPS) is 12.3. The van der Waals surface area contributed by atoms with Gasteiger partial charge >= 0.3 is 5.97 Å². The summed E-state index contributed by atoms with van der Waals surface area (Å²) in [6, 6.07) is 0. The molecule has 0 aromatic carbocycles. The summed E-state index contributed by atoms with van der Waals surface area (Å²) in [6.07, 6.45) is 19.3. The first kappa shape index (κ1) is 22.5. The number of hydrogen-bond acceptors (Lipinski definition) is 2. The Morgan fingerprint density at radius 3 is 1.70 bits per heavy atom. The molecule has 0 radical (unpaired) electrons. The molecule has 0 rings (SSSR count). The minimum absolute atomic E-state index is 0.0234. The summed E-state index contributed by atoms with van der Waals surface area (Å²) in [4.78, 5) is 11.9. The molecule has 0 saturated heterocycles. The number of unbranched alkanes of at least 4 members (excludes halogenated alkanes) is 11. The van der Waals surface area contributed by atoms with Gasteiger partial charge in [-0.2, -0.15) is 0 Å². The first-order valence-corrected chi connectivity index (χ1v) is 10.4. The zero-order chi connectivity index (χ0) is 17.2. The second-order valence-corrected chi connectivity index (χ2v) is 6.95. The molecule has 0 aliphatic carbocycles. The summed E-state index contributed by atoms with van der Waals surface area (Å²) < 4.78 is 5.63. The van der Waals surface area contributed by atoms with E-state index in [-0.39, 0.29) is 12.1 Å². The summed E-state index contributed by atoms with van der Waals surface area (Å²) in [5, 5.41) is 0. The van der Waals surface area contributed by atoms with Crippen LogP contribution in [0.2, 0.25) is 0 Å². The molecule has 0 aliphatic heterocycles. The average Bonchev–Trinajstić information content (AvgIpc) is 2.56. The SMILES string of the molecule is CCCCCCCCCC(CC)OC(=O)CCCCCCCC. The molecule has 0 amide bonds. The van der Waals surface area contributed by atoms with Gasteiger partial charge in [-0.15, -0.1) is 0 Å². The first-order chi connectivity index (χ1) is 11.2. The summed E-state index contributed by atoms with van der Waals surface area (Å²) in [6.45, 7) is 6.61. The van der Waals surface area contributed by atoms with Gasteiger partial charge in [-0.25, -0.2) is 0 Å². The molecule has 0 bridgehead atoms. The molecule has 0 spiro atoms. The largest absolute Gasteiger partial charge is 0.462 e. The highest BCUT2D eigenvalue weighted by molar-refractivity contribution is 5.69. The minimum Gasteiger partial charge on any atom is -0.462 e. The molecule has 0 aliphatic rings. The Morgan fingerprint density at radius 2 is 1.17 bits per heavy atom. The van der Waals surface area contributed by atoms with Crippen LogP contribution in [0.1, 0.15) is 124 Å². The van der Waals surface area contributed by atoms with Crippen molar-refractivity contribution in [3.8, 4) is 0 Å². The topological polar surface area (TPSA) is 26.3 Å². The minimum atomic E-state index is 0.0234. The van der Waals surface area contributed by atoms with Crippen molar-refractivity contribution in [1.29, 1.82) is 0 Å². The van der Waals surface area contributed by atoms with E-state index in [1.807, 2.05) is 0 Å². The maximum absolute atomic E-state index is 11.9. The van der Waals surface area contributed by atoms with Crippen LogP contribution in [-0.2, 0) is 9.53 Å². The Labute approximate surface area is 145 Å². The van der Waals surface area contributed by atoms with Crippen molar-refractivity contribution < 1.29 is 9.53 Å². The number of ether oxygens (including phenoxy) is 1. The quantitative estimate of drug-likeness (QED) is 0.209. The lowest BCUT2D eigenvalue weighted by Crippen LogP contribution is -2.17. The van der Waals surface area contributed by atoms with E-state index in [0.29, 0.717) is 6.42 Å². The lowest BCUT2D eigenvalue weighted by atomic mass is 10.1. The van der Waals surface area contributed by atoms with E-state index in [1.165, 1.54) is 77.0 Å². The van der Waals surface area contributed by atoms with Gasteiger partial charge in [-0.3, -0.25) is 4.79 Å². The zero-order valence-corrected chi connectivity index (χ0v) is 16.2. The molecule has 138 valence electrons. The van der Waals surface area contributed by atoms with Crippen molar-refractivity contribution in [1.82, 2.24) is 0 Å². The molecule has 0 aromatic rings. The Balaban J connectivity index is 3.53. The van der Waals surface area contributed by atoms with E-state index in [0.717, 1.165) is 19.3 Å². The molecule has 1 unspecified atom stereocenters. The van der Waals surface area contributed by atoms with Crippen molar-refractivity contribution in [3.05, 3.63) is 0 Å². The number of rotatable bonds is 17. The van der Waals surface area contributed by atoms with E-state index in [2.05, 4.69) is 20.8 Å². The maximum Gasteiger partial charge on any atom is 0.306 e. The summed E-state index contributed by atoms with van der Waals surface area (Å²) in [7, 11) is 0. The number of esters is 1. The van der Waals surface area contributed by atoms with Gasteiger partial charge < -0.3 is 4.74 Å². The Bertz CT molecular complexity index is 250. The molecule has 0 saturated carbocycles. The van der Waals surface area contributed by atoms with Crippen LogP contribution in [0.15, 0.2) is 0 Å². The van der Waals surface area contributed by atoms with Gasteiger partial charge in [-0.05, 0) is 25.7 Å². The van der Waals surface area contributed by atoms with Crippen LogP contribution in [0.5, 0.6) is 0 Å². The standard InChI is InChI=1S/C21H42O2/c1-4-7-9-11-13-14-16-18-20(6-3)23-21(22)19-17-15-12-10-8-5-2/h20H,4-19H2,1-3H3. The fourth-order valence-electron chi connectivity index (χ4n) is 2.97. The van der Waals surface area contributed by atoms with Gasteiger partial charge in [0.25, 0.3) is 0 Å². The molecule has 1 atom stereocenters. The molecule has 23 heavy (non-hydrogen) atoms. The lowest BCUT2D eigenvalue weighted by Gasteiger charge is -2.16. The van der Waals surface area contributed by atoms with Gasteiger partial charge in [0.15, 0.2) is 0 Å². The second kappa shape index (κ2) is 17.8.